The maximum Gasteiger partial charge on any atom is 0.0488 e. The minimum Gasteiger partial charge on any atom is -0.346 e. The predicted octanol–water partition coefficient (Wildman–Crippen LogP) is 4.16. The first-order valence-electron chi connectivity index (χ1n) is 7.14. The quantitative estimate of drug-likeness (QED) is 0.917. The van der Waals surface area contributed by atoms with Crippen LogP contribution in [0.25, 0.3) is 10.9 Å². The number of halogens is 1. The molecule has 20 heavy (non-hydrogen) atoms. The van der Waals surface area contributed by atoms with Crippen LogP contribution in [0.3, 0.4) is 0 Å². The molecule has 0 saturated carbocycles. The van der Waals surface area contributed by atoms with Gasteiger partial charge in [0.2, 0.25) is 0 Å². The molecule has 1 aliphatic heterocycles. The van der Waals surface area contributed by atoms with E-state index in [9.17, 15) is 0 Å². The molecule has 1 N–H and O–H groups in total. The number of nitrogens with zero attached hydrogens (tertiary/aromatic N) is 1. The molecule has 2 heterocycles. The molecule has 4 heteroatoms. The third-order valence-corrected chi connectivity index (χ3v) is 5.61. The summed E-state index contributed by atoms with van der Waals surface area (Å²) >= 11 is 8.12. The molecule has 3 rings (SSSR count). The number of fused-ring (bicyclic) bond motifs is 3. The van der Waals surface area contributed by atoms with Crippen molar-refractivity contribution < 1.29 is 0 Å². The molecule has 0 amide bonds. The molecule has 1 aliphatic rings. The zero-order chi connectivity index (χ0) is 14.3. The summed E-state index contributed by atoms with van der Waals surface area (Å²) in [5.74, 6) is 0. The molecule has 0 radical (unpaired) electrons. The van der Waals surface area contributed by atoms with Crippen molar-refractivity contribution in [2.24, 2.45) is 7.05 Å². The lowest BCUT2D eigenvalue weighted by molar-refractivity contribution is 0.455. The van der Waals surface area contributed by atoms with Gasteiger partial charge in [-0.15, -0.1) is 0 Å². The van der Waals surface area contributed by atoms with Crippen molar-refractivity contribution in [3.8, 4) is 0 Å². The Hall–Kier alpha value is -0.640. The Morgan fingerprint density at radius 3 is 3.05 bits per heavy atom. The van der Waals surface area contributed by atoms with Crippen LogP contribution in [0, 0.1) is 0 Å². The van der Waals surface area contributed by atoms with Crippen molar-refractivity contribution in [3.05, 3.63) is 34.5 Å². The van der Waals surface area contributed by atoms with Gasteiger partial charge < -0.3 is 9.88 Å². The summed E-state index contributed by atoms with van der Waals surface area (Å²) in [6.45, 7) is 3.37. The monoisotopic (exact) mass is 308 g/mol. The summed E-state index contributed by atoms with van der Waals surface area (Å²) < 4.78 is 2.35. The lowest BCUT2D eigenvalue weighted by Gasteiger charge is -2.28. The van der Waals surface area contributed by atoms with E-state index in [4.69, 9.17) is 11.6 Å². The van der Waals surface area contributed by atoms with Gasteiger partial charge in [0.25, 0.3) is 0 Å². The SMILES string of the molecule is CSC(C)CC1NCCc2c1n(C)c1ccc(Cl)cc21. The molecule has 2 nitrogen and oxygen atoms in total. The molecule has 2 unspecified atom stereocenters. The van der Waals surface area contributed by atoms with Crippen LogP contribution >= 0.6 is 23.4 Å². The Morgan fingerprint density at radius 2 is 2.30 bits per heavy atom. The maximum atomic E-state index is 6.19. The molecule has 0 aliphatic carbocycles. The predicted molar refractivity (Wildman–Crippen MR) is 90.0 cm³/mol. The van der Waals surface area contributed by atoms with Gasteiger partial charge >= 0.3 is 0 Å². The number of hydrogen-bond acceptors (Lipinski definition) is 2. The molecule has 0 bridgehead atoms. The molecule has 0 saturated heterocycles. The topological polar surface area (TPSA) is 17.0 Å². The molecular formula is C16H21ClN2S. The third kappa shape index (κ3) is 2.36. The first kappa shape index (κ1) is 14.3. The second-order valence-corrected chi connectivity index (χ2v) is 7.34. The van der Waals surface area contributed by atoms with E-state index in [-0.39, 0.29) is 0 Å². The summed E-state index contributed by atoms with van der Waals surface area (Å²) in [6.07, 6.45) is 4.46. The minimum absolute atomic E-state index is 0.456. The summed E-state index contributed by atoms with van der Waals surface area (Å²) in [6, 6.07) is 6.71. The van der Waals surface area contributed by atoms with Gasteiger partial charge in [-0.3, -0.25) is 0 Å². The number of rotatable bonds is 3. The van der Waals surface area contributed by atoms with Gasteiger partial charge in [0.15, 0.2) is 0 Å². The van der Waals surface area contributed by atoms with Gasteiger partial charge in [0, 0.05) is 40.0 Å². The molecular weight excluding hydrogens is 288 g/mol. The van der Waals surface area contributed by atoms with Crippen LogP contribution in [-0.4, -0.2) is 22.6 Å². The van der Waals surface area contributed by atoms with Crippen molar-refractivity contribution in [2.45, 2.75) is 31.1 Å². The third-order valence-electron chi connectivity index (χ3n) is 4.38. The maximum absolute atomic E-state index is 6.19. The van der Waals surface area contributed by atoms with E-state index >= 15 is 0 Å². The van der Waals surface area contributed by atoms with Crippen molar-refractivity contribution in [1.29, 1.82) is 0 Å². The molecule has 0 spiro atoms. The molecule has 2 aromatic rings. The van der Waals surface area contributed by atoms with Crippen LogP contribution in [0.4, 0.5) is 0 Å². The number of hydrogen-bond donors (Lipinski definition) is 1. The van der Waals surface area contributed by atoms with Gasteiger partial charge in [-0.05, 0) is 49.4 Å². The fourth-order valence-electron chi connectivity index (χ4n) is 3.31. The zero-order valence-electron chi connectivity index (χ0n) is 12.2. The van der Waals surface area contributed by atoms with Gasteiger partial charge in [-0.2, -0.15) is 11.8 Å². The lowest BCUT2D eigenvalue weighted by Crippen LogP contribution is -2.32. The second-order valence-electron chi connectivity index (χ2n) is 5.62. The molecule has 2 atom stereocenters. The summed E-state index contributed by atoms with van der Waals surface area (Å²) in [4.78, 5) is 0. The average Bonchev–Trinajstić information content (AvgIpc) is 2.73. The highest BCUT2D eigenvalue weighted by molar-refractivity contribution is 7.99. The van der Waals surface area contributed by atoms with E-state index in [1.54, 1.807) is 0 Å². The Balaban J connectivity index is 2.11. The average molecular weight is 309 g/mol. The highest BCUT2D eigenvalue weighted by Gasteiger charge is 2.27. The van der Waals surface area contributed by atoms with Crippen LogP contribution in [0.15, 0.2) is 18.2 Å². The standard InChI is InChI=1S/C16H21ClN2S/c1-10(20-3)8-14-16-12(6-7-18-14)13-9-11(17)4-5-15(13)19(16)2/h4-5,9-10,14,18H,6-8H2,1-3H3. The molecule has 1 aromatic heterocycles. The number of aryl methyl sites for hydroxylation is 1. The van der Waals surface area contributed by atoms with E-state index in [1.165, 1.54) is 28.6 Å². The van der Waals surface area contributed by atoms with Gasteiger partial charge in [-0.25, -0.2) is 0 Å². The van der Waals surface area contributed by atoms with Crippen molar-refractivity contribution >= 4 is 34.3 Å². The van der Waals surface area contributed by atoms with Crippen molar-refractivity contribution in [2.75, 3.05) is 12.8 Å². The Bertz CT molecular complexity index is 635. The first-order chi connectivity index (χ1) is 9.61. The largest absolute Gasteiger partial charge is 0.346 e. The summed E-state index contributed by atoms with van der Waals surface area (Å²) in [5.41, 5.74) is 4.24. The number of benzene rings is 1. The molecule has 108 valence electrons. The van der Waals surface area contributed by atoms with Crippen molar-refractivity contribution in [1.82, 2.24) is 9.88 Å². The number of nitrogens with one attached hydrogen (secondary N) is 1. The van der Waals surface area contributed by atoms with Gasteiger partial charge in [0.05, 0.1) is 0 Å². The normalized spacial score (nSPS) is 20.1. The lowest BCUT2D eigenvalue weighted by atomic mass is 9.96. The van der Waals surface area contributed by atoms with Crippen LogP contribution in [0.2, 0.25) is 5.02 Å². The van der Waals surface area contributed by atoms with Gasteiger partial charge in [0.1, 0.15) is 0 Å². The highest BCUT2D eigenvalue weighted by Crippen LogP contribution is 2.36. The number of thioether (sulfide) groups is 1. The van der Waals surface area contributed by atoms with E-state index in [0.29, 0.717) is 11.3 Å². The minimum atomic E-state index is 0.456. The Labute approximate surface area is 129 Å². The smallest absolute Gasteiger partial charge is 0.0488 e. The fourth-order valence-corrected chi connectivity index (χ4v) is 3.87. The molecule has 1 aromatic carbocycles. The van der Waals surface area contributed by atoms with E-state index in [1.807, 2.05) is 17.8 Å². The fraction of sp³-hybridized carbons (Fsp3) is 0.500. The van der Waals surface area contributed by atoms with Crippen molar-refractivity contribution in [3.63, 3.8) is 0 Å². The van der Waals surface area contributed by atoms with Gasteiger partial charge in [-0.1, -0.05) is 18.5 Å². The zero-order valence-corrected chi connectivity index (χ0v) is 13.8. The van der Waals surface area contributed by atoms with Crippen LogP contribution < -0.4 is 5.32 Å². The van der Waals surface area contributed by atoms with E-state index < -0.39 is 0 Å². The summed E-state index contributed by atoms with van der Waals surface area (Å²) in [7, 11) is 2.18. The summed E-state index contributed by atoms with van der Waals surface area (Å²) in [5, 5.41) is 6.52. The Morgan fingerprint density at radius 1 is 1.50 bits per heavy atom. The van der Waals surface area contributed by atoms with Crippen LogP contribution in [0.1, 0.15) is 30.6 Å². The second kappa shape index (κ2) is 5.63. The van der Waals surface area contributed by atoms with Crippen LogP contribution in [-0.2, 0) is 13.5 Å². The highest BCUT2D eigenvalue weighted by atomic mass is 35.5. The van der Waals surface area contributed by atoms with E-state index in [2.05, 4.69) is 42.2 Å². The number of aromatic nitrogens is 1. The first-order valence-corrected chi connectivity index (χ1v) is 8.81. The van der Waals surface area contributed by atoms with Crippen LogP contribution in [0.5, 0.6) is 0 Å². The van der Waals surface area contributed by atoms with E-state index in [0.717, 1.165) is 18.0 Å². The Kier molecular flexibility index (Phi) is 4.02. The molecule has 0 fully saturated rings.